The third kappa shape index (κ3) is 6.60. The number of fused-ring (bicyclic) bond motifs is 2. The maximum Gasteiger partial charge on any atom is 0.132 e. The predicted octanol–water partition coefficient (Wildman–Crippen LogP) is 6.40. The number of nitrogens with zero attached hydrogens (tertiary/aromatic N) is 9. The Morgan fingerprint density at radius 1 is 0.714 bits per heavy atom. The van der Waals surface area contributed by atoms with Crippen LogP contribution in [0, 0.1) is 5.92 Å². The highest BCUT2D eigenvalue weighted by atomic mass is 16.5. The number of benzene rings is 2. The number of rotatable bonds is 10. The van der Waals surface area contributed by atoms with Gasteiger partial charge in [-0.25, -0.2) is 15.0 Å². The molecule has 0 bridgehead atoms. The van der Waals surface area contributed by atoms with Gasteiger partial charge in [-0.15, -0.1) is 0 Å². The number of nitrogens with one attached hydrogen (secondary N) is 2. The van der Waals surface area contributed by atoms with Gasteiger partial charge in [-0.2, -0.15) is 10.2 Å². The van der Waals surface area contributed by atoms with E-state index in [2.05, 4.69) is 128 Å². The molecule has 2 aliphatic heterocycles. The van der Waals surface area contributed by atoms with Crippen LogP contribution >= 0.6 is 0 Å². The lowest BCUT2D eigenvalue weighted by atomic mass is 10.1. The zero-order valence-electron chi connectivity index (χ0n) is 33.0. The van der Waals surface area contributed by atoms with Crippen molar-refractivity contribution in [2.24, 2.45) is 5.92 Å². The van der Waals surface area contributed by atoms with Crippen molar-refractivity contribution in [3.63, 3.8) is 0 Å². The molecule has 13 nitrogen and oxygen atoms in total. The first-order valence-electron chi connectivity index (χ1n) is 20.2. The van der Waals surface area contributed by atoms with Gasteiger partial charge < -0.3 is 29.1 Å². The van der Waals surface area contributed by atoms with E-state index in [1.54, 1.807) is 6.33 Å². The summed E-state index contributed by atoms with van der Waals surface area (Å²) in [6, 6.07) is 19.7. The van der Waals surface area contributed by atoms with Crippen LogP contribution in [0.15, 0.2) is 67.1 Å². The molecule has 6 aromatic rings. The highest BCUT2D eigenvalue weighted by molar-refractivity contribution is 5.94. The fraction of sp³-hybridized carbons (Fsp3) is 0.465. The van der Waals surface area contributed by atoms with E-state index in [0.717, 1.165) is 133 Å². The molecule has 2 unspecified atom stereocenters. The molecule has 4 fully saturated rings. The molecular formula is C43H51N11O2. The Labute approximate surface area is 327 Å². The van der Waals surface area contributed by atoms with E-state index in [4.69, 9.17) is 19.6 Å². The highest BCUT2D eigenvalue weighted by Crippen LogP contribution is 2.57. The van der Waals surface area contributed by atoms with Gasteiger partial charge >= 0.3 is 0 Å². The number of aromatic amines is 2. The largest absolute Gasteiger partial charge is 0.487 e. The van der Waals surface area contributed by atoms with Crippen LogP contribution in [-0.4, -0.2) is 122 Å². The topological polar surface area (TPSA) is 127 Å². The molecule has 10 rings (SSSR count). The van der Waals surface area contributed by atoms with Crippen molar-refractivity contribution in [2.45, 2.75) is 69.7 Å². The molecule has 290 valence electrons. The first-order chi connectivity index (χ1) is 27.1. The molecule has 6 heterocycles. The quantitative estimate of drug-likeness (QED) is 0.161. The first kappa shape index (κ1) is 35.2. The minimum Gasteiger partial charge on any atom is -0.487 e. The van der Waals surface area contributed by atoms with Crippen LogP contribution in [0.25, 0.3) is 44.5 Å². The van der Waals surface area contributed by atoms with Gasteiger partial charge in [-0.1, -0.05) is 0 Å². The number of hydrogen-bond donors (Lipinski definition) is 2. The monoisotopic (exact) mass is 753 g/mol. The Bertz CT molecular complexity index is 2410. The smallest absolute Gasteiger partial charge is 0.132 e. The van der Waals surface area contributed by atoms with E-state index in [1.165, 1.54) is 0 Å². The number of aromatic nitrogens is 7. The molecule has 4 atom stereocenters. The van der Waals surface area contributed by atoms with Crippen LogP contribution in [0.5, 0.6) is 11.5 Å². The van der Waals surface area contributed by atoms with Gasteiger partial charge in [0.15, 0.2) is 0 Å². The van der Waals surface area contributed by atoms with Crippen molar-refractivity contribution in [2.75, 3.05) is 63.2 Å². The Kier molecular flexibility index (Phi) is 8.44. The fourth-order valence-electron chi connectivity index (χ4n) is 8.73. The molecule has 0 spiro atoms. The molecule has 2 aliphatic carbocycles. The van der Waals surface area contributed by atoms with Crippen molar-refractivity contribution in [1.29, 1.82) is 0 Å². The maximum absolute atomic E-state index is 6.83. The zero-order valence-corrected chi connectivity index (χ0v) is 33.0. The lowest BCUT2D eigenvalue weighted by Crippen LogP contribution is -2.50. The third-order valence-corrected chi connectivity index (χ3v) is 13.0. The summed E-state index contributed by atoms with van der Waals surface area (Å²) in [4.78, 5) is 23.5. The minimum atomic E-state index is -0.244. The second-order valence-electron chi connectivity index (χ2n) is 17.1. The van der Waals surface area contributed by atoms with Crippen LogP contribution in [0.4, 0.5) is 11.6 Å². The number of H-pyrrole nitrogens is 2. The van der Waals surface area contributed by atoms with Crippen LogP contribution < -0.4 is 19.3 Å². The van der Waals surface area contributed by atoms with E-state index in [0.29, 0.717) is 18.0 Å². The van der Waals surface area contributed by atoms with Crippen LogP contribution in [-0.2, 0) is 0 Å². The maximum atomic E-state index is 6.83. The fourth-order valence-corrected chi connectivity index (χ4v) is 8.73. The number of piperazine rings is 2. The molecule has 13 heteroatoms. The first-order valence-corrected chi connectivity index (χ1v) is 20.2. The number of ether oxygens (including phenoxy) is 2. The Morgan fingerprint density at radius 2 is 1.34 bits per heavy atom. The molecule has 0 radical (unpaired) electrons. The molecule has 2 aromatic carbocycles. The van der Waals surface area contributed by atoms with Gasteiger partial charge in [0, 0.05) is 85.9 Å². The molecule has 2 saturated heterocycles. The summed E-state index contributed by atoms with van der Waals surface area (Å²) < 4.78 is 13.6. The molecule has 0 amide bonds. The lowest BCUT2D eigenvalue weighted by molar-refractivity contribution is 0.128. The molecule has 4 aromatic heterocycles. The highest BCUT2D eigenvalue weighted by Gasteiger charge is 2.59. The number of hydrogen-bond acceptors (Lipinski definition) is 11. The normalized spacial score (nSPS) is 25.2. The van der Waals surface area contributed by atoms with E-state index in [9.17, 15) is 0 Å². The van der Waals surface area contributed by atoms with E-state index >= 15 is 0 Å². The summed E-state index contributed by atoms with van der Waals surface area (Å²) in [5.41, 5.74) is 5.13. The Balaban J connectivity index is 0.818. The summed E-state index contributed by atoms with van der Waals surface area (Å²) in [6.07, 6.45) is 7.59. The van der Waals surface area contributed by atoms with Crippen molar-refractivity contribution < 1.29 is 9.47 Å². The Hall–Kier alpha value is -5.27. The average molecular weight is 754 g/mol. The van der Waals surface area contributed by atoms with Gasteiger partial charge in [0.1, 0.15) is 52.1 Å². The molecule has 2 N–H and O–H groups in total. The zero-order chi connectivity index (χ0) is 38.2. The van der Waals surface area contributed by atoms with Gasteiger partial charge in [-0.3, -0.25) is 10.2 Å². The summed E-state index contributed by atoms with van der Waals surface area (Å²) >= 11 is 0. The van der Waals surface area contributed by atoms with Crippen molar-refractivity contribution in [1.82, 2.24) is 45.1 Å². The van der Waals surface area contributed by atoms with E-state index in [1.807, 2.05) is 12.3 Å². The number of pyridine rings is 1. The SMILES string of the molecule is C[C@H]1CN(c2cc(-c3n[nH]c4ccc(OC5(C)CC5CC5(Oc6ccc7[nH]nc(-c8cc(N9CCN(C)[C@@H](C)C9)ncn8)c7c6)CC5)cc34)ccn2)CCN1C. The predicted molar refractivity (Wildman–Crippen MR) is 219 cm³/mol. The van der Waals surface area contributed by atoms with E-state index < -0.39 is 0 Å². The van der Waals surface area contributed by atoms with Crippen LogP contribution in [0.1, 0.15) is 46.5 Å². The summed E-state index contributed by atoms with van der Waals surface area (Å²) in [6.45, 7) is 12.6. The Morgan fingerprint density at radius 3 is 2.00 bits per heavy atom. The van der Waals surface area contributed by atoms with Gasteiger partial charge in [0.05, 0.1) is 16.7 Å². The molecule has 56 heavy (non-hydrogen) atoms. The second kappa shape index (κ2) is 13.4. The summed E-state index contributed by atoms with van der Waals surface area (Å²) in [5.74, 6) is 4.07. The van der Waals surface area contributed by atoms with Gasteiger partial charge in [-0.05, 0) is 109 Å². The second-order valence-corrected chi connectivity index (χ2v) is 17.1. The minimum absolute atomic E-state index is 0.175. The standard InChI is InChI=1S/C43H51N11O2/c1-27-24-53(16-14-51(27)4)38-18-29(10-13-44-38)40-33-19-31(6-8-35(33)47-49-40)55-42(3)22-30(42)23-43(11-12-43)56-32-7-9-36-34(20-32)41(50-48-36)37-21-39(46-26-45-37)54-17-15-52(5)28(2)25-54/h6-10,13,18-21,26-28,30H,11-12,14-17,22-25H2,1-5H3,(H,47,49)(H,48,50)/t27-,28-,30?,42?/m0/s1. The molecule has 4 aliphatic rings. The van der Waals surface area contributed by atoms with Crippen LogP contribution in [0.3, 0.4) is 0 Å². The van der Waals surface area contributed by atoms with Gasteiger partial charge in [0.2, 0.25) is 0 Å². The van der Waals surface area contributed by atoms with Gasteiger partial charge in [0.25, 0.3) is 0 Å². The van der Waals surface area contributed by atoms with Crippen molar-refractivity contribution in [3.8, 4) is 34.1 Å². The van der Waals surface area contributed by atoms with E-state index in [-0.39, 0.29) is 11.2 Å². The lowest BCUT2D eigenvalue weighted by Gasteiger charge is -2.38. The summed E-state index contributed by atoms with van der Waals surface area (Å²) in [5, 5.41) is 17.9. The van der Waals surface area contributed by atoms with Crippen LogP contribution in [0.2, 0.25) is 0 Å². The number of anilines is 2. The third-order valence-electron chi connectivity index (χ3n) is 13.0. The number of likely N-dealkylation sites (N-methyl/N-ethyl adjacent to an activating group) is 2. The molecule has 2 saturated carbocycles. The average Bonchev–Trinajstić information content (AvgIpc) is 3.95. The van der Waals surface area contributed by atoms with Crippen molar-refractivity contribution >= 4 is 33.4 Å². The molecular weight excluding hydrogens is 703 g/mol. The van der Waals surface area contributed by atoms with Crippen molar-refractivity contribution in [3.05, 3.63) is 67.1 Å². The summed E-state index contributed by atoms with van der Waals surface area (Å²) in [7, 11) is 4.37.